The predicted molar refractivity (Wildman–Crippen MR) is 33.7 cm³/mol. The van der Waals surface area contributed by atoms with Gasteiger partial charge >= 0.3 is 0 Å². The lowest BCUT2D eigenvalue weighted by molar-refractivity contribution is 0.997. The maximum atomic E-state index is 7.94. The Hall–Kier alpha value is 0.220. The van der Waals surface area contributed by atoms with Gasteiger partial charge < -0.3 is 0 Å². The Labute approximate surface area is 51.5 Å². The number of alkyl halides is 1. The first-order valence-electron chi connectivity index (χ1n) is 1.84. The van der Waals surface area contributed by atoms with Crippen molar-refractivity contribution in [3.05, 3.63) is 0 Å². The SMILES string of the molecule is [15N]#[13C]CCCI. The van der Waals surface area contributed by atoms with E-state index in [1.165, 1.54) is 0 Å². The van der Waals surface area contributed by atoms with Gasteiger partial charge in [0.25, 0.3) is 0 Å². The Morgan fingerprint density at radius 3 is 2.50 bits per heavy atom. The molecule has 6 heavy (non-hydrogen) atoms. The van der Waals surface area contributed by atoms with Crippen LogP contribution in [-0.2, 0) is 0 Å². The maximum Gasteiger partial charge on any atom is 0.0622 e. The number of nitriles is 1. The third-order valence-electron chi connectivity index (χ3n) is 0.422. The number of rotatable bonds is 2. The lowest BCUT2D eigenvalue weighted by Crippen LogP contribution is -1.67. The van der Waals surface area contributed by atoms with Gasteiger partial charge in [-0.25, -0.2) is 0 Å². The largest absolute Gasteiger partial charge is 0.198 e. The van der Waals surface area contributed by atoms with Crippen LogP contribution in [0.4, 0.5) is 0 Å². The summed E-state index contributed by atoms with van der Waals surface area (Å²) in [5.41, 5.74) is 0. The minimum absolute atomic E-state index is 0.711. The number of unbranched alkanes of at least 4 members (excludes halogenated alkanes) is 1. The minimum Gasteiger partial charge on any atom is -0.198 e. The molecule has 0 heterocycles. The molecule has 0 aromatic heterocycles. The molecule has 0 aliphatic carbocycles. The summed E-state index contributed by atoms with van der Waals surface area (Å²) in [5, 5.41) is 7.94. The molecule has 0 aliphatic rings. The molecule has 1 nitrogen and oxygen atoms in total. The molecule has 0 radical (unpaired) electrons. The lowest BCUT2D eigenvalue weighted by Gasteiger charge is -1.75. The molecule has 0 spiro atoms. The van der Waals surface area contributed by atoms with Crippen molar-refractivity contribution in [1.82, 2.24) is 0 Å². The normalized spacial score (nSPS) is 7.33. The molecule has 0 atom stereocenters. The van der Waals surface area contributed by atoms with Gasteiger partial charge in [0.2, 0.25) is 0 Å². The number of halogens is 1. The summed E-state index contributed by atoms with van der Waals surface area (Å²) < 4.78 is 1.10. The lowest BCUT2D eigenvalue weighted by atomic mass is 10.5. The summed E-state index contributed by atoms with van der Waals surface area (Å²) >= 11 is 2.26. The fraction of sp³-hybridized carbons (Fsp3) is 0.750. The molecule has 0 amide bonds. The smallest absolute Gasteiger partial charge is 0.0622 e. The van der Waals surface area contributed by atoms with Crippen LogP contribution in [0.5, 0.6) is 0 Å². The third-order valence-corrected chi connectivity index (χ3v) is 1.19. The van der Waals surface area contributed by atoms with Crippen LogP contribution in [0.25, 0.3) is 0 Å². The molecular formula is C4H6IN. The van der Waals surface area contributed by atoms with Gasteiger partial charge in [-0.15, -0.1) is 0 Å². The van der Waals surface area contributed by atoms with Crippen molar-refractivity contribution in [2.75, 3.05) is 4.43 Å². The van der Waals surface area contributed by atoms with Crippen LogP contribution >= 0.6 is 22.6 Å². The zero-order valence-electron chi connectivity index (χ0n) is 3.45. The Morgan fingerprint density at radius 1 is 1.67 bits per heavy atom. The van der Waals surface area contributed by atoms with Gasteiger partial charge in [0, 0.05) is 10.8 Å². The quantitative estimate of drug-likeness (QED) is 0.217. The molecule has 2 heteroatoms. The summed E-state index contributed by atoms with van der Waals surface area (Å²) in [6.07, 6.45) is 1.75. The van der Waals surface area contributed by atoms with Crippen molar-refractivity contribution in [1.29, 1.82) is 5.26 Å². The maximum absolute atomic E-state index is 7.94. The highest BCUT2D eigenvalue weighted by Gasteiger charge is 1.75. The number of nitrogens with zero attached hydrogens (tertiary/aromatic N) is 1. The fourth-order valence-electron chi connectivity index (χ4n) is 0.146. The highest BCUT2D eigenvalue weighted by molar-refractivity contribution is 14.1. The van der Waals surface area contributed by atoms with E-state index >= 15 is 0 Å². The van der Waals surface area contributed by atoms with Crippen LogP contribution in [0.3, 0.4) is 0 Å². The molecule has 0 rings (SSSR count). The summed E-state index contributed by atoms with van der Waals surface area (Å²) in [6, 6.07) is 2.06. The molecule has 0 unspecified atom stereocenters. The van der Waals surface area contributed by atoms with E-state index < -0.39 is 0 Å². The van der Waals surface area contributed by atoms with Crippen molar-refractivity contribution in [3.8, 4) is 6.07 Å². The molecule has 0 saturated heterocycles. The van der Waals surface area contributed by atoms with Crippen LogP contribution in [0.15, 0.2) is 0 Å². The fourth-order valence-corrected chi connectivity index (χ4v) is 0.527. The van der Waals surface area contributed by atoms with E-state index in [4.69, 9.17) is 5.26 Å². The Balaban J connectivity index is 2.54. The highest BCUT2D eigenvalue weighted by atomic mass is 127. The number of hydrogen-bond acceptors (Lipinski definition) is 1. The topological polar surface area (TPSA) is 23.8 Å². The summed E-state index contributed by atoms with van der Waals surface area (Å²) in [5.74, 6) is 0. The minimum atomic E-state index is 0.711. The highest BCUT2D eigenvalue weighted by Crippen LogP contribution is 1.90. The van der Waals surface area contributed by atoms with Gasteiger partial charge in [-0.2, -0.15) is 5.26 Å². The van der Waals surface area contributed by atoms with Crippen LogP contribution in [0.2, 0.25) is 0 Å². The first-order chi connectivity index (χ1) is 2.91. The molecule has 34 valence electrons. The van der Waals surface area contributed by atoms with Crippen molar-refractivity contribution in [2.45, 2.75) is 12.8 Å². The average Bonchev–Trinajstić information content (AvgIpc) is 1.61. The van der Waals surface area contributed by atoms with E-state index in [-0.39, 0.29) is 0 Å². The molecule has 0 aromatic carbocycles. The van der Waals surface area contributed by atoms with E-state index in [1.54, 1.807) is 0 Å². The standard InChI is InChI=1S/C4H6IN/c5-3-1-2-4-6/h1-3H2/i4+1,6+1. The van der Waals surface area contributed by atoms with E-state index in [0.29, 0.717) is 6.42 Å². The summed E-state index contributed by atoms with van der Waals surface area (Å²) in [6.45, 7) is 0. The Bertz CT molecular complexity index is 55.1. The van der Waals surface area contributed by atoms with Crippen molar-refractivity contribution < 1.29 is 0 Å². The van der Waals surface area contributed by atoms with E-state index in [0.717, 1.165) is 10.8 Å². The molecule has 0 saturated carbocycles. The van der Waals surface area contributed by atoms with Crippen LogP contribution in [0, 0.1) is 11.3 Å². The van der Waals surface area contributed by atoms with Gasteiger partial charge in [0.15, 0.2) is 0 Å². The monoisotopic (exact) mass is 197 g/mol. The van der Waals surface area contributed by atoms with E-state index in [9.17, 15) is 0 Å². The van der Waals surface area contributed by atoms with Crippen LogP contribution in [-0.4, -0.2) is 4.43 Å². The summed E-state index contributed by atoms with van der Waals surface area (Å²) in [7, 11) is 0. The van der Waals surface area contributed by atoms with Gasteiger partial charge in [0.1, 0.15) is 0 Å². The van der Waals surface area contributed by atoms with E-state index in [2.05, 4.69) is 28.7 Å². The van der Waals surface area contributed by atoms with Gasteiger partial charge in [-0.05, 0) is 6.42 Å². The van der Waals surface area contributed by atoms with E-state index in [1.807, 2.05) is 0 Å². The van der Waals surface area contributed by atoms with Crippen LogP contribution in [0.1, 0.15) is 12.8 Å². The van der Waals surface area contributed by atoms with Crippen LogP contribution < -0.4 is 0 Å². The average molecular weight is 197 g/mol. The third kappa shape index (κ3) is 4.22. The second kappa shape index (κ2) is 5.22. The Morgan fingerprint density at radius 2 is 2.33 bits per heavy atom. The molecule has 0 aromatic rings. The first kappa shape index (κ1) is 6.22. The molecule has 0 bridgehead atoms. The summed E-state index contributed by atoms with van der Waals surface area (Å²) in [4.78, 5) is 0. The van der Waals surface area contributed by atoms with Crippen molar-refractivity contribution >= 4 is 22.6 Å². The molecule has 0 aliphatic heterocycles. The second-order valence-corrected chi connectivity index (χ2v) is 2.03. The molecular weight excluding hydrogens is 191 g/mol. The van der Waals surface area contributed by atoms with Crippen molar-refractivity contribution in [2.24, 2.45) is 0 Å². The van der Waals surface area contributed by atoms with Gasteiger partial charge in [-0.3, -0.25) is 0 Å². The molecule has 0 N–H and O–H groups in total. The zero-order valence-corrected chi connectivity index (χ0v) is 5.60. The number of hydrogen-bond donors (Lipinski definition) is 0. The molecule has 0 fully saturated rings. The zero-order chi connectivity index (χ0) is 4.83. The van der Waals surface area contributed by atoms with Gasteiger partial charge in [0.05, 0.1) is 6.07 Å². The predicted octanol–water partition coefficient (Wildman–Crippen LogP) is 1.73. The first-order valence-corrected chi connectivity index (χ1v) is 3.37. The van der Waals surface area contributed by atoms with Gasteiger partial charge in [-0.1, -0.05) is 22.6 Å². The van der Waals surface area contributed by atoms with Crippen molar-refractivity contribution in [3.63, 3.8) is 0 Å². The second-order valence-electron chi connectivity index (χ2n) is 0.951. The Kier molecular flexibility index (Phi) is 5.41.